The molecule has 96 valence electrons. The second kappa shape index (κ2) is 4.27. The fourth-order valence-corrected chi connectivity index (χ4v) is 5.86. The highest BCUT2D eigenvalue weighted by molar-refractivity contribution is 7.93. The fraction of sp³-hybridized carbons (Fsp3) is 0.714. The maximum absolute atomic E-state index is 12.3. The van der Waals surface area contributed by atoms with Crippen LogP contribution in [-0.2, 0) is 9.84 Å². The third kappa shape index (κ3) is 1.88. The molecule has 0 aromatic carbocycles. The molecule has 17 heavy (non-hydrogen) atoms. The summed E-state index contributed by atoms with van der Waals surface area (Å²) in [5.74, 6) is 1.38. The van der Waals surface area contributed by atoms with E-state index in [1.807, 2.05) is 19.1 Å². The van der Waals surface area contributed by atoms with Crippen molar-refractivity contribution >= 4 is 9.84 Å². The average molecular weight is 254 g/mol. The van der Waals surface area contributed by atoms with Crippen LogP contribution in [0.3, 0.4) is 0 Å². The molecule has 1 saturated heterocycles. The first-order valence-electron chi connectivity index (χ1n) is 6.42. The zero-order chi connectivity index (χ0) is 12.7. The minimum absolute atomic E-state index is 0.232. The van der Waals surface area contributed by atoms with Gasteiger partial charge in [0.15, 0.2) is 9.84 Å². The Bertz CT molecular complexity index is 424. The SMILES string of the molecule is C=CC1CC(C=C)C(C2(C)CCCS2(=O)=O)C1. The molecule has 1 aliphatic carbocycles. The first-order chi connectivity index (χ1) is 7.94. The lowest BCUT2D eigenvalue weighted by atomic mass is 9.82. The molecule has 2 aliphatic rings. The van der Waals surface area contributed by atoms with E-state index in [2.05, 4.69) is 13.2 Å². The van der Waals surface area contributed by atoms with Crippen molar-refractivity contribution in [2.75, 3.05) is 5.75 Å². The van der Waals surface area contributed by atoms with Crippen LogP contribution in [0.5, 0.6) is 0 Å². The third-order valence-corrected chi connectivity index (χ3v) is 7.62. The molecule has 0 spiro atoms. The van der Waals surface area contributed by atoms with Crippen LogP contribution in [0.4, 0.5) is 0 Å². The highest BCUT2D eigenvalue weighted by Gasteiger charge is 2.53. The van der Waals surface area contributed by atoms with Crippen molar-refractivity contribution in [3.63, 3.8) is 0 Å². The molecule has 1 aliphatic heterocycles. The third-order valence-electron chi connectivity index (χ3n) is 4.87. The quantitative estimate of drug-likeness (QED) is 0.726. The summed E-state index contributed by atoms with van der Waals surface area (Å²) in [4.78, 5) is 0. The van der Waals surface area contributed by atoms with E-state index in [9.17, 15) is 8.42 Å². The molecule has 1 heterocycles. The van der Waals surface area contributed by atoms with Crippen molar-refractivity contribution in [2.45, 2.75) is 37.4 Å². The number of hydrogen-bond donors (Lipinski definition) is 0. The van der Waals surface area contributed by atoms with Gasteiger partial charge in [0, 0.05) is 0 Å². The first-order valence-corrected chi connectivity index (χ1v) is 8.07. The van der Waals surface area contributed by atoms with Crippen molar-refractivity contribution < 1.29 is 8.42 Å². The zero-order valence-corrected chi connectivity index (χ0v) is 11.4. The highest BCUT2D eigenvalue weighted by Crippen LogP contribution is 2.50. The average Bonchev–Trinajstić information content (AvgIpc) is 2.81. The van der Waals surface area contributed by atoms with Crippen molar-refractivity contribution in [3.8, 4) is 0 Å². The number of hydrogen-bond acceptors (Lipinski definition) is 2. The summed E-state index contributed by atoms with van der Waals surface area (Å²) in [5.41, 5.74) is 0. The molecule has 0 N–H and O–H groups in total. The second-order valence-electron chi connectivity index (χ2n) is 5.71. The minimum atomic E-state index is -2.93. The normalized spacial score (nSPS) is 44.6. The Morgan fingerprint density at radius 2 is 1.94 bits per heavy atom. The largest absolute Gasteiger partial charge is 0.228 e. The van der Waals surface area contributed by atoms with Crippen molar-refractivity contribution in [3.05, 3.63) is 25.3 Å². The van der Waals surface area contributed by atoms with Crippen LogP contribution in [0.15, 0.2) is 25.3 Å². The Balaban J connectivity index is 2.33. The van der Waals surface area contributed by atoms with Crippen LogP contribution in [0.2, 0.25) is 0 Å². The Kier molecular flexibility index (Phi) is 3.23. The molecule has 0 bridgehead atoms. The van der Waals surface area contributed by atoms with Gasteiger partial charge >= 0.3 is 0 Å². The molecule has 4 unspecified atom stereocenters. The van der Waals surface area contributed by atoms with Gasteiger partial charge in [0.2, 0.25) is 0 Å². The van der Waals surface area contributed by atoms with Gasteiger partial charge in [-0.05, 0) is 50.4 Å². The summed E-state index contributed by atoms with van der Waals surface area (Å²) in [6.45, 7) is 9.68. The van der Waals surface area contributed by atoms with Gasteiger partial charge in [-0.3, -0.25) is 0 Å². The monoisotopic (exact) mass is 254 g/mol. The van der Waals surface area contributed by atoms with Crippen LogP contribution in [-0.4, -0.2) is 18.9 Å². The Morgan fingerprint density at radius 3 is 2.41 bits per heavy atom. The van der Waals surface area contributed by atoms with E-state index in [1.165, 1.54) is 0 Å². The molecule has 0 amide bonds. The number of rotatable bonds is 3. The predicted molar refractivity (Wildman–Crippen MR) is 71.5 cm³/mol. The van der Waals surface area contributed by atoms with Crippen molar-refractivity contribution in [1.29, 1.82) is 0 Å². The smallest absolute Gasteiger partial charge is 0.156 e. The topological polar surface area (TPSA) is 34.1 Å². The van der Waals surface area contributed by atoms with Gasteiger partial charge in [0.25, 0.3) is 0 Å². The lowest BCUT2D eigenvalue weighted by molar-refractivity contribution is 0.329. The molecule has 3 heteroatoms. The highest BCUT2D eigenvalue weighted by atomic mass is 32.2. The van der Waals surface area contributed by atoms with E-state index in [0.717, 1.165) is 25.7 Å². The summed E-state index contributed by atoms with van der Waals surface area (Å²) in [5, 5.41) is 0. The van der Waals surface area contributed by atoms with Crippen LogP contribution in [0, 0.1) is 17.8 Å². The van der Waals surface area contributed by atoms with Gasteiger partial charge in [-0.1, -0.05) is 12.2 Å². The van der Waals surface area contributed by atoms with Gasteiger partial charge in [-0.15, -0.1) is 13.2 Å². The van der Waals surface area contributed by atoms with E-state index in [4.69, 9.17) is 0 Å². The van der Waals surface area contributed by atoms with Gasteiger partial charge in [0.1, 0.15) is 0 Å². The summed E-state index contributed by atoms with van der Waals surface area (Å²) in [6.07, 6.45) is 7.53. The Hall–Kier alpha value is -0.570. The van der Waals surface area contributed by atoms with Gasteiger partial charge in [-0.25, -0.2) is 8.42 Å². The minimum Gasteiger partial charge on any atom is -0.228 e. The molecular formula is C14H22O2S. The number of allylic oxidation sites excluding steroid dienone is 2. The molecule has 0 aromatic heterocycles. The summed E-state index contributed by atoms with van der Waals surface area (Å²) in [6, 6.07) is 0. The molecule has 2 fully saturated rings. The molecule has 1 saturated carbocycles. The van der Waals surface area contributed by atoms with Crippen LogP contribution in [0.1, 0.15) is 32.6 Å². The second-order valence-corrected chi connectivity index (χ2v) is 8.28. The Morgan fingerprint density at radius 1 is 1.24 bits per heavy atom. The zero-order valence-electron chi connectivity index (χ0n) is 10.6. The summed E-state index contributed by atoms with van der Waals surface area (Å²) < 4.78 is 24.0. The maximum atomic E-state index is 12.3. The lowest BCUT2D eigenvalue weighted by Gasteiger charge is -2.33. The lowest BCUT2D eigenvalue weighted by Crippen LogP contribution is -2.41. The molecule has 2 rings (SSSR count). The van der Waals surface area contributed by atoms with Gasteiger partial charge < -0.3 is 0 Å². The summed E-state index contributed by atoms with van der Waals surface area (Å²) >= 11 is 0. The molecular weight excluding hydrogens is 232 g/mol. The number of sulfone groups is 1. The fourth-order valence-electron chi connectivity index (χ4n) is 3.68. The molecule has 2 nitrogen and oxygen atoms in total. The van der Waals surface area contributed by atoms with Crippen LogP contribution >= 0.6 is 0 Å². The standard InChI is InChI=1S/C14H22O2S/c1-4-11-9-12(5-2)13(10-11)14(3)7-6-8-17(14,15)16/h4-5,11-13H,1-2,6-10H2,3H3. The first kappa shape index (κ1) is 12.9. The van der Waals surface area contributed by atoms with E-state index < -0.39 is 14.6 Å². The Labute approximate surface area is 105 Å². The van der Waals surface area contributed by atoms with Gasteiger partial charge in [-0.2, -0.15) is 0 Å². The van der Waals surface area contributed by atoms with E-state index in [0.29, 0.717) is 17.6 Å². The van der Waals surface area contributed by atoms with Crippen molar-refractivity contribution in [2.24, 2.45) is 17.8 Å². The summed E-state index contributed by atoms with van der Waals surface area (Å²) in [7, 11) is -2.93. The van der Waals surface area contributed by atoms with E-state index >= 15 is 0 Å². The van der Waals surface area contributed by atoms with Crippen LogP contribution in [0.25, 0.3) is 0 Å². The molecule has 0 radical (unpaired) electrons. The molecule has 4 atom stereocenters. The maximum Gasteiger partial charge on any atom is 0.156 e. The van der Waals surface area contributed by atoms with Gasteiger partial charge in [0.05, 0.1) is 10.5 Å². The van der Waals surface area contributed by atoms with E-state index in [-0.39, 0.29) is 5.92 Å². The molecule has 0 aromatic rings. The van der Waals surface area contributed by atoms with Crippen molar-refractivity contribution in [1.82, 2.24) is 0 Å². The van der Waals surface area contributed by atoms with Crippen LogP contribution < -0.4 is 0 Å². The van der Waals surface area contributed by atoms with E-state index in [1.54, 1.807) is 0 Å². The predicted octanol–water partition coefficient (Wildman–Crippen LogP) is 2.97.